The van der Waals surface area contributed by atoms with Crippen LogP contribution < -0.4 is 10.0 Å². The summed E-state index contributed by atoms with van der Waals surface area (Å²) < 4.78 is 32.7. The van der Waals surface area contributed by atoms with Crippen LogP contribution in [0.15, 0.2) is 58.3 Å². The normalized spacial score (nSPS) is 17.0. The third kappa shape index (κ3) is 5.32. The van der Waals surface area contributed by atoms with E-state index in [1.54, 1.807) is 11.8 Å². The van der Waals surface area contributed by atoms with Gasteiger partial charge in [0.1, 0.15) is 0 Å². The van der Waals surface area contributed by atoms with E-state index in [-0.39, 0.29) is 23.5 Å². The molecule has 2 aromatic rings. The number of carbonyl (C=O) groups is 1. The summed E-state index contributed by atoms with van der Waals surface area (Å²) in [5.74, 6) is -0.289. The summed E-state index contributed by atoms with van der Waals surface area (Å²) in [6, 6.07) is 13.4. The van der Waals surface area contributed by atoms with Crippen LogP contribution in [0.25, 0.3) is 0 Å². The van der Waals surface area contributed by atoms with Crippen molar-refractivity contribution >= 4 is 33.4 Å². The highest BCUT2D eigenvalue weighted by atomic mass is 32.2. The molecule has 1 aliphatic rings. The first-order chi connectivity index (χ1) is 13.0. The van der Waals surface area contributed by atoms with E-state index < -0.39 is 10.0 Å². The van der Waals surface area contributed by atoms with Gasteiger partial charge in [-0.25, -0.2) is 13.1 Å². The van der Waals surface area contributed by atoms with E-state index in [1.807, 2.05) is 30.5 Å². The quantitative estimate of drug-likeness (QED) is 0.690. The minimum Gasteiger partial charge on any atom is -0.377 e. The molecule has 0 aliphatic carbocycles. The standard InChI is InChI=1S/C19H22N2O4S2/c1-26-17-8-6-15(7-9-17)21-19(22)14-4-10-18(11-5-14)27(23,24)20-13-16-3-2-12-25-16/h4-11,16,20H,2-3,12-13H2,1H3,(H,21,22). The number of ether oxygens (including phenoxy) is 1. The van der Waals surface area contributed by atoms with E-state index in [0.29, 0.717) is 17.9 Å². The van der Waals surface area contributed by atoms with Gasteiger partial charge in [0.15, 0.2) is 0 Å². The smallest absolute Gasteiger partial charge is 0.255 e. The third-order valence-corrected chi connectivity index (χ3v) is 6.48. The number of carbonyl (C=O) groups excluding carboxylic acids is 1. The number of thioether (sulfide) groups is 1. The lowest BCUT2D eigenvalue weighted by Crippen LogP contribution is -2.31. The second-order valence-electron chi connectivity index (χ2n) is 6.19. The van der Waals surface area contributed by atoms with Crippen molar-refractivity contribution in [3.05, 3.63) is 54.1 Å². The van der Waals surface area contributed by atoms with Crippen molar-refractivity contribution < 1.29 is 17.9 Å². The van der Waals surface area contributed by atoms with Crippen LogP contribution in [-0.4, -0.2) is 39.8 Å². The van der Waals surface area contributed by atoms with Crippen LogP contribution in [0.4, 0.5) is 5.69 Å². The van der Waals surface area contributed by atoms with Gasteiger partial charge in [-0.2, -0.15) is 0 Å². The van der Waals surface area contributed by atoms with Gasteiger partial charge in [-0.1, -0.05) is 0 Å². The summed E-state index contributed by atoms with van der Waals surface area (Å²) in [6.45, 7) is 0.937. The van der Waals surface area contributed by atoms with Gasteiger partial charge in [0.05, 0.1) is 11.0 Å². The second kappa shape index (κ2) is 8.88. The molecule has 6 nitrogen and oxygen atoms in total. The highest BCUT2D eigenvalue weighted by Gasteiger charge is 2.20. The van der Waals surface area contributed by atoms with Crippen LogP contribution in [0.2, 0.25) is 0 Å². The summed E-state index contributed by atoms with van der Waals surface area (Å²) in [6.07, 6.45) is 3.73. The first kappa shape index (κ1) is 19.9. The lowest BCUT2D eigenvalue weighted by Gasteiger charge is -2.12. The van der Waals surface area contributed by atoms with Crippen LogP contribution in [0.1, 0.15) is 23.2 Å². The molecule has 1 amide bonds. The SMILES string of the molecule is CSc1ccc(NC(=O)c2ccc(S(=O)(=O)NCC3CCCO3)cc2)cc1. The second-order valence-corrected chi connectivity index (χ2v) is 8.84. The maximum atomic E-state index is 12.4. The molecule has 2 N–H and O–H groups in total. The Morgan fingerprint density at radius 1 is 1.15 bits per heavy atom. The van der Waals surface area contributed by atoms with Crippen LogP contribution in [0.3, 0.4) is 0 Å². The van der Waals surface area contributed by atoms with E-state index in [2.05, 4.69) is 10.0 Å². The summed E-state index contributed by atoms with van der Waals surface area (Å²) in [5.41, 5.74) is 1.08. The highest BCUT2D eigenvalue weighted by molar-refractivity contribution is 7.98. The van der Waals surface area contributed by atoms with Crippen LogP contribution in [0, 0.1) is 0 Å². The molecular weight excluding hydrogens is 384 g/mol. The zero-order valence-corrected chi connectivity index (χ0v) is 16.6. The Balaban J connectivity index is 1.61. The number of anilines is 1. The zero-order valence-electron chi connectivity index (χ0n) is 15.0. The molecule has 27 heavy (non-hydrogen) atoms. The monoisotopic (exact) mass is 406 g/mol. The van der Waals surface area contributed by atoms with Crippen molar-refractivity contribution in [2.75, 3.05) is 24.7 Å². The number of rotatable bonds is 7. The Bertz CT molecular complexity index is 875. The van der Waals surface area contributed by atoms with Crippen LogP contribution in [0.5, 0.6) is 0 Å². The van der Waals surface area contributed by atoms with Gasteiger partial charge >= 0.3 is 0 Å². The fourth-order valence-electron chi connectivity index (χ4n) is 2.75. The van der Waals surface area contributed by atoms with Gasteiger partial charge in [-0.15, -0.1) is 11.8 Å². The summed E-state index contributed by atoms with van der Waals surface area (Å²) >= 11 is 1.63. The molecule has 8 heteroatoms. The molecule has 1 fully saturated rings. The van der Waals surface area contributed by atoms with E-state index in [9.17, 15) is 13.2 Å². The van der Waals surface area contributed by atoms with E-state index >= 15 is 0 Å². The zero-order chi connectivity index (χ0) is 19.3. The van der Waals surface area contributed by atoms with Gasteiger partial charge in [-0.3, -0.25) is 4.79 Å². The Kier molecular flexibility index (Phi) is 6.54. The first-order valence-corrected chi connectivity index (χ1v) is 11.4. The predicted octanol–water partition coefficient (Wildman–Crippen LogP) is 3.12. The maximum Gasteiger partial charge on any atom is 0.255 e. The van der Waals surface area contributed by atoms with Gasteiger partial charge in [-0.05, 0) is 67.6 Å². The highest BCUT2D eigenvalue weighted by Crippen LogP contribution is 2.19. The van der Waals surface area contributed by atoms with Gasteiger partial charge in [0.2, 0.25) is 10.0 Å². The lowest BCUT2D eigenvalue weighted by atomic mass is 10.2. The molecular formula is C19H22N2O4S2. The van der Waals surface area contributed by atoms with Crippen molar-refractivity contribution in [3.8, 4) is 0 Å². The molecule has 0 aromatic heterocycles. The molecule has 1 atom stereocenters. The van der Waals surface area contributed by atoms with Crippen molar-refractivity contribution in [1.82, 2.24) is 4.72 Å². The minimum atomic E-state index is -3.62. The lowest BCUT2D eigenvalue weighted by molar-refractivity contribution is 0.102. The molecule has 1 unspecified atom stereocenters. The number of sulfonamides is 1. The number of nitrogens with one attached hydrogen (secondary N) is 2. The van der Waals surface area contributed by atoms with Gasteiger partial charge < -0.3 is 10.1 Å². The van der Waals surface area contributed by atoms with E-state index in [1.165, 1.54) is 24.3 Å². The fourth-order valence-corrected chi connectivity index (χ4v) is 4.23. The number of hydrogen-bond donors (Lipinski definition) is 2. The molecule has 0 spiro atoms. The Hall–Kier alpha value is -1.87. The average molecular weight is 407 g/mol. The van der Waals surface area contributed by atoms with Crippen molar-refractivity contribution in [2.45, 2.75) is 28.7 Å². The molecule has 0 bridgehead atoms. The van der Waals surface area contributed by atoms with E-state index in [0.717, 1.165) is 17.7 Å². The van der Waals surface area contributed by atoms with Crippen LogP contribution in [-0.2, 0) is 14.8 Å². The Morgan fingerprint density at radius 3 is 2.44 bits per heavy atom. The predicted molar refractivity (Wildman–Crippen MR) is 107 cm³/mol. The number of benzene rings is 2. The molecule has 1 aliphatic heterocycles. The van der Waals surface area contributed by atoms with Gasteiger partial charge in [0.25, 0.3) is 5.91 Å². The average Bonchev–Trinajstić information content (AvgIpc) is 3.21. The topological polar surface area (TPSA) is 84.5 Å². The number of hydrogen-bond acceptors (Lipinski definition) is 5. The summed E-state index contributed by atoms with van der Waals surface area (Å²) in [5, 5.41) is 2.80. The maximum absolute atomic E-state index is 12.4. The molecule has 3 rings (SSSR count). The summed E-state index contributed by atoms with van der Waals surface area (Å²) in [4.78, 5) is 13.6. The van der Waals surface area contributed by atoms with Crippen molar-refractivity contribution in [1.29, 1.82) is 0 Å². The fraction of sp³-hybridized carbons (Fsp3) is 0.316. The summed E-state index contributed by atoms with van der Waals surface area (Å²) in [7, 11) is -3.62. The molecule has 0 radical (unpaired) electrons. The minimum absolute atomic E-state index is 0.0673. The van der Waals surface area contributed by atoms with Crippen molar-refractivity contribution in [2.24, 2.45) is 0 Å². The third-order valence-electron chi connectivity index (χ3n) is 4.30. The largest absolute Gasteiger partial charge is 0.377 e. The molecule has 144 valence electrons. The Labute approximate surface area is 163 Å². The molecule has 1 heterocycles. The molecule has 0 saturated carbocycles. The van der Waals surface area contributed by atoms with Crippen molar-refractivity contribution in [3.63, 3.8) is 0 Å². The Morgan fingerprint density at radius 2 is 1.85 bits per heavy atom. The van der Waals surface area contributed by atoms with E-state index in [4.69, 9.17) is 4.74 Å². The number of amides is 1. The van der Waals surface area contributed by atoms with Gasteiger partial charge in [0, 0.05) is 29.3 Å². The molecule has 2 aromatic carbocycles. The molecule has 1 saturated heterocycles. The first-order valence-electron chi connectivity index (χ1n) is 8.65. The van der Waals surface area contributed by atoms with Crippen LogP contribution >= 0.6 is 11.8 Å².